The van der Waals surface area contributed by atoms with Crippen molar-refractivity contribution in [3.63, 3.8) is 0 Å². The Hall–Kier alpha value is -2.89. The molecular weight excluding hydrogens is 320 g/mol. The molecule has 1 fully saturated rings. The number of piperidine rings is 1. The Balaban J connectivity index is 1.53. The van der Waals surface area contributed by atoms with Crippen LogP contribution in [0.4, 0.5) is 10.5 Å². The molecule has 0 unspecified atom stereocenters. The summed E-state index contributed by atoms with van der Waals surface area (Å²) in [5.74, 6) is -0.985. The number of rotatable bonds is 3. The summed E-state index contributed by atoms with van der Waals surface area (Å²) in [7, 11) is 0. The molecule has 0 bridgehead atoms. The monoisotopic (exact) mass is 342 g/mol. The topological polar surface area (TPSA) is 93.0 Å². The van der Waals surface area contributed by atoms with Crippen molar-refractivity contribution in [3.05, 3.63) is 48.0 Å². The van der Waals surface area contributed by atoms with Crippen LogP contribution >= 0.6 is 0 Å². The van der Waals surface area contributed by atoms with Gasteiger partial charge in [0.1, 0.15) is 0 Å². The molecule has 2 aromatic carbocycles. The number of likely N-dealkylation sites (tertiary alicyclic amines) is 1. The van der Waals surface area contributed by atoms with Gasteiger partial charge in [-0.2, -0.15) is 0 Å². The number of hydrogen-bond acceptors (Lipinski definition) is 4. The molecule has 0 atom stereocenters. The van der Waals surface area contributed by atoms with E-state index in [1.807, 2.05) is 18.2 Å². The highest BCUT2D eigenvalue weighted by Gasteiger charge is 2.23. The Morgan fingerprint density at radius 1 is 1.04 bits per heavy atom. The lowest BCUT2D eigenvalue weighted by Crippen LogP contribution is -2.41. The van der Waals surface area contributed by atoms with E-state index in [1.54, 1.807) is 4.90 Å². The van der Waals surface area contributed by atoms with Gasteiger partial charge in [-0.3, -0.25) is 0 Å². The van der Waals surface area contributed by atoms with E-state index in [0.717, 1.165) is 19.3 Å². The first-order chi connectivity index (χ1) is 12.0. The number of phenolic OH excluding ortho intramolecular Hbond substituents is 3. The second-order valence-electron chi connectivity index (χ2n) is 6.41. The number of phenols is 3. The zero-order valence-corrected chi connectivity index (χ0v) is 13.9. The summed E-state index contributed by atoms with van der Waals surface area (Å²) in [5, 5.41) is 31.0. The number of benzene rings is 2. The summed E-state index contributed by atoms with van der Waals surface area (Å²) < 4.78 is 0. The third kappa shape index (κ3) is 4.15. The minimum absolute atomic E-state index is 0.240. The molecule has 2 amide bonds. The van der Waals surface area contributed by atoms with Gasteiger partial charge in [0.2, 0.25) is 0 Å². The minimum Gasteiger partial charge on any atom is -0.504 e. The summed E-state index contributed by atoms with van der Waals surface area (Å²) in [4.78, 5) is 14.1. The maximum Gasteiger partial charge on any atom is 0.321 e. The molecule has 4 N–H and O–H groups in total. The second kappa shape index (κ2) is 7.34. The number of nitrogens with zero attached hydrogens (tertiary/aromatic N) is 1. The number of carbonyl (C=O) groups is 1. The fourth-order valence-electron chi connectivity index (χ4n) is 3.17. The Kier molecular flexibility index (Phi) is 4.97. The van der Waals surface area contributed by atoms with Crippen molar-refractivity contribution in [1.82, 2.24) is 4.90 Å². The van der Waals surface area contributed by atoms with Gasteiger partial charge in [0.15, 0.2) is 17.2 Å². The average molecular weight is 342 g/mol. The smallest absolute Gasteiger partial charge is 0.321 e. The SMILES string of the molecule is O=C(Nc1cc(O)c(O)c(O)c1)N1CCC(Cc2ccccc2)CC1. The van der Waals surface area contributed by atoms with Gasteiger partial charge in [-0.15, -0.1) is 0 Å². The fourth-order valence-corrected chi connectivity index (χ4v) is 3.17. The van der Waals surface area contributed by atoms with Crippen LogP contribution in [0.3, 0.4) is 0 Å². The normalized spacial score (nSPS) is 15.1. The predicted octanol–water partition coefficient (Wildman–Crippen LogP) is 3.29. The van der Waals surface area contributed by atoms with Crippen LogP contribution in [0, 0.1) is 5.92 Å². The van der Waals surface area contributed by atoms with E-state index in [-0.39, 0.29) is 11.7 Å². The highest BCUT2D eigenvalue weighted by Crippen LogP contribution is 2.37. The summed E-state index contributed by atoms with van der Waals surface area (Å²) in [6, 6.07) is 12.5. The number of carbonyl (C=O) groups excluding carboxylic acids is 1. The summed E-state index contributed by atoms with van der Waals surface area (Å²) in [5.41, 5.74) is 1.56. The first-order valence-electron chi connectivity index (χ1n) is 8.37. The molecule has 0 aromatic heterocycles. The zero-order chi connectivity index (χ0) is 17.8. The van der Waals surface area contributed by atoms with E-state index >= 15 is 0 Å². The van der Waals surface area contributed by atoms with Gasteiger partial charge >= 0.3 is 6.03 Å². The van der Waals surface area contributed by atoms with E-state index in [2.05, 4.69) is 17.4 Å². The van der Waals surface area contributed by atoms with Crippen LogP contribution in [0.15, 0.2) is 42.5 Å². The van der Waals surface area contributed by atoms with Crippen molar-refractivity contribution in [3.8, 4) is 17.2 Å². The van der Waals surface area contributed by atoms with Gasteiger partial charge < -0.3 is 25.5 Å². The molecule has 25 heavy (non-hydrogen) atoms. The molecule has 0 spiro atoms. The van der Waals surface area contributed by atoms with Crippen LogP contribution in [0.5, 0.6) is 17.2 Å². The maximum absolute atomic E-state index is 12.3. The molecule has 1 heterocycles. The number of aromatic hydroxyl groups is 3. The second-order valence-corrected chi connectivity index (χ2v) is 6.41. The molecule has 1 aliphatic rings. The predicted molar refractivity (Wildman–Crippen MR) is 94.9 cm³/mol. The summed E-state index contributed by atoms with van der Waals surface area (Å²) in [6.07, 6.45) is 2.90. The Morgan fingerprint density at radius 3 is 2.24 bits per heavy atom. The molecule has 6 nitrogen and oxygen atoms in total. The van der Waals surface area contributed by atoms with Gasteiger partial charge in [0.05, 0.1) is 5.69 Å². The zero-order valence-electron chi connectivity index (χ0n) is 13.9. The van der Waals surface area contributed by atoms with Gasteiger partial charge in [0.25, 0.3) is 0 Å². The van der Waals surface area contributed by atoms with Crippen LogP contribution < -0.4 is 5.32 Å². The molecule has 132 valence electrons. The quantitative estimate of drug-likeness (QED) is 0.509. The third-order valence-corrected chi connectivity index (χ3v) is 4.59. The summed E-state index contributed by atoms with van der Waals surface area (Å²) >= 11 is 0. The van der Waals surface area contributed by atoms with E-state index in [0.29, 0.717) is 19.0 Å². The van der Waals surface area contributed by atoms with E-state index in [9.17, 15) is 20.1 Å². The molecule has 1 saturated heterocycles. The molecule has 2 aromatic rings. The van der Waals surface area contributed by atoms with E-state index in [1.165, 1.54) is 17.7 Å². The van der Waals surface area contributed by atoms with Gasteiger partial charge in [-0.05, 0) is 30.7 Å². The average Bonchev–Trinajstić information content (AvgIpc) is 2.61. The van der Waals surface area contributed by atoms with Crippen molar-refractivity contribution in [2.24, 2.45) is 5.92 Å². The van der Waals surface area contributed by atoms with Crippen LogP contribution in [-0.4, -0.2) is 39.3 Å². The lowest BCUT2D eigenvalue weighted by Gasteiger charge is -2.32. The largest absolute Gasteiger partial charge is 0.504 e. The standard InChI is InChI=1S/C19H22N2O4/c22-16-11-15(12-17(23)18(16)24)20-19(25)21-8-6-14(7-9-21)10-13-4-2-1-3-5-13/h1-5,11-12,14,22-24H,6-10H2,(H,20,25). The van der Waals surface area contributed by atoms with Crippen molar-refractivity contribution in [2.75, 3.05) is 18.4 Å². The lowest BCUT2D eigenvalue weighted by molar-refractivity contribution is 0.182. The van der Waals surface area contributed by atoms with Crippen LogP contribution in [-0.2, 0) is 6.42 Å². The van der Waals surface area contributed by atoms with Gasteiger partial charge in [0, 0.05) is 25.2 Å². The molecule has 0 aliphatic carbocycles. The molecular formula is C19H22N2O4. The fraction of sp³-hybridized carbons (Fsp3) is 0.316. The van der Waals surface area contributed by atoms with E-state index in [4.69, 9.17) is 0 Å². The van der Waals surface area contributed by atoms with Crippen molar-refractivity contribution in [1.29, 1.82) is 0 Å². The Labute approximate surface area is 146 Å². The Morgan fingerprint density at radius 2 is 1.64 bits per heavy atom. The molecule has 3 rings (SSSR count). The van der Waals surface area contributed by atoms with Crippen molar-refractivity contribution < 1.29 is 20.1 Å². The number of anilines is 1. The Bertz CT molecular complexity index is 717. The first-order valence-corrected chi connectivity index (χ1v) is 8.37. The number of amides is 2. The number of urea groups is 1. The first kappa shape index (κ1) is 17.0. The van der Waals surface area contributed by atoms with E-state index < -0.39 is 17.2 Å². The number of nitrogens with one attached hydrogen (secondary N) is 1. The van der Waals surface area contributed by atoms with Crippen molar-refractivity contribution in [2.45, 2.75) is 19.3 Å². The highest BCUT2D eigenvalue weighted by molar-refractivity contribution is 5.90. The third-order valence-electron chi connectivity index (χ3n) is 4.59. The van der Waals surface area contributed by atoms with Crippen LogP contribution in [0.2, 0.25) is 0 Å². The maximum atomic E-state index is 12.3. The van der Waals surface area contributed by atoms with Crippen LogP contribution in [0.1, 0.15) is 18.4 Å². The van der Waals surface area contributed by atoms with Gasteiger partial charge in [-0.25, -0.2) is 4.79 Å². The molecule has 6 heteroatoms. The molecule has 1 aliphatic heterocycles. The highest BCUT2D eigenvalue weighted by atomic mass is 16.3. The van der Waals surface area contributed by atoms with Crippen molar-refractivity contribution >= 4 is 11.7 Å². The summed E-state index contributed by atoms with van der Waals surface area (Å²) in [6.45, 7) is 1.33. The molecule has 0 saturated carbocycles. The number of hydrogen-bond donors (Lipinski definition) is 4. The van der Waals surface area contributed by atoms with Crippen LogP contribution in [0.25, 0.3) is 0 Å². The molecule has 0 radical (unpaired) electrons. The lowest BCUT2D eigenvalue weighted by atomic mass is 9.90. The minimum atomic E-state index is -0.597. The van der Waals surface area contributed by atoms with Gasteiger partial charge in [-0.1, -0.05) is 30.3 Å².